The van der Waals surface area contributed by atoms with Crippen LogP contribution in [0.25, 0.3) is 0 Å². The van der Waals surface area contributed by atoms with Gasteiger partial charge in [0.05, 0.1) is 17.5 Å². The van der Waals surface area contributed by atoms with Gasteiger partial charge in [-0.1, -0.05) is 6.08 Å². The van der Waals surface area contributed by atoms with Crippen LogP contribution in [0.15, 0.2) is 41.8 Å². The third kappa shape index (κ3) is 5.97. The molecule has 7 heteroatoms. The summed E-state index contributed by atoms with van der Waals surface area (Å²) in [4.78, 5) is 11.4. The van der Waals surface area contributed by atoms with Gasteiger partial charge in [0.25, 0.3) is 0 Å². The van der Waals surface area contributed by atoms with Crippen molar-refractivity contribution in [1.29, 1.82) is 0 Å². The lowest BCUT2D eigenvalue weighted by atomic mass is 10.3. The van der Waals surface area contributed by atoms with E-state index < -0.39 is 15.9 Å². The van der Waals surface area contributed by atoms with Crippen molar-refractivity contribution in [2.75, 3.05) is 13.1 Å². The van der Waals surface area contributed by atoms with Crippen LogP contribution in [-0.2, 0) is 14.8 Å². The normalized spacial score (nSPS) is 11.2. The molecule has 1 aromatic rings. The molecule has 1 rings (SSSR count). The first-order chi connectivity index (χ1) is 9.85. The van der Waals surface area contributed by atoms with E-state index in [0.717, 1.165) is 0 Å². The molecule has 0 atom stereocenters. The third-order valence-electron chi connectivity index (χ3n) is 2.37. The average molecular weight is 312 g/mol. The van der Waals surface area contributed by atoms with E-state index >= 15 is 0 Å². The Morgan fingerprint density at radius 3 is 2.48 bits per heavy atom. The maximum Gasteiger partial charge on any atom is 0.241 e. The van der Waals surface area contributed by atoms with E-state index in [-0.39, 0.29) is 17.5 Å². The number of ether oxygens (including phenoxy) is 1. The van der Waals surface area contributed by atoms with E-state index in [1.807, 2.05) is 13.8 Å². The highest BCUT2D eigenvalue weighted by Crippen LogP contribution is 2.16. The van der Waals surface area contributed by atoms with E-state index in [2.05, 4.69) is 16.6 Å². The van der Waals surface area contributed by atoms with Crippen molar-refractivity contribution in [3.8, 4) is 5.75 Å². The number of hydrogen-bond donors (Lipinski definition) is 2. The Balaban J connectivity index is 2.65. The Bertz CT molecular complexity index is 579. The first-order valence-corrected chi connectivity index (χ1v) is 7.97. The molecule has 0 radical (unpaired) electrons. The molecule has 21 heavy (non-hydrogen) atoms. The van der Waals surface area contributed by atoms with Crippen LogP contribution in [0.5, 0.6) is 5.75 Å². The molecule has 2 N–H and O–H groups in total. The van der Waals surface area contributed by atoms with E-state index in [0.29, 0.717) is 12.3 Å². The number of amides is 1. The molecule has 0 saturated carbocycles. The van der Waals surface area contributed by atoms with Crippen molar-refractivity contribution in [1.82, 2.24) is 10.0 Å². The summed E-state index contributed by atoms with van der Waals surface area (Å²) in [5, 5.41) is 2.48. The molecule has 0 aliphatic rings. The molecular formula is C14H20N2O4S. The smallest absolute Gasteiger partial charge is 0.241 e. The van der Waals surface area contributed by atoms with Gasteiger partial charge in [-0.25, -0.2) is 13.1 Å². The summed E-state index contributed by atoms with van der Waals surface area (Å²) in [6, 6.07) is 6.02. The van der Waals surface area contributed by atoms with Crippen LogP contribution in [0, 0.1) is 0 Å². The molecule has 0 heterocycles. The second-order valence-electron chi connectivity index (χ2n) is 4.56. The van der Waals surface area contributed by atoms with Crippen molar-refractivity contribution in [2.45, 2.75) is 24.8 Å². The highest BCUT2D eigenvalue weighted by Gasteiger charge is 2.15. The molecule has 0 spiro atoms. The van der Waals surface area contributed by atoms with E-state index in [1.54, 1.807) is 12.1 Å². The van der Waals surface area contributed by atoms with Crippen molar-refractivity contribution in [2.24, 2.45) is 0 Å². The molecule has 0 bridgehead atoms. The Morgan fingerprint density at radius 1 is 1.33 bits per heavy atom. The van der Waals surface area contributed by atoms with Crippen LogP contribution in [0.3, 0.4) is 0 Å². The molecule has 0 aliphatic carbocycles. The topological polar surface area (TPSA) is 84.5 Å². The zero-order valence-electron chi connectivity index (χ0n) is 12.1. The predicted molar refractivity (Wildman–Crippen MR) is 80.6 cm³/mol. The number of carbonyl (C=O) groups excluding carboxylic acids is 1. The minimum Gasteiger partial charge on any atom is -0.491 e. The van der Waals surface area contributed by atoms with Crippen molar-refractivity contribution < 1.29 is 17.9 Å². The highest BCUT2D eigenvalue weighted by molar-refractivity contribution is 7.89. The van der Waals surface area contributed by atoms with E-state index in [9.17, 15) is 13.2 Å². The maximum atomic E-state index is 12.0. The fourth-order valence-electron chi connectivity index (χ4n) is 1.46. The molecule has 0 saturated heterocycles. The van der Waals surface area contributed by atoms with Gasteiger partial charge in [0.2, 0.25) is 15.9 Å². The molecule has 1 amide bonds. The summed E-state index contributed by atoms with van der Waals surface area (Å²) >= 11 is 0. The van der Waals surface area contributed by atoms with Gasteiger partial charge in [0, 0.05) is 6.54 Å². The summed E-state index contributed by atoms with van der Waals surface area (Å²) in [6.07, 6.45) is 1.53. The van der Waals surface area contributed by atoms with Crippen molar-refractivity contribution in [3.05, 3.63) is 36.9 Å². The zero-order valence-corrected chi connectivity index (χ0v) is 12.9. The lowest BCUT2D eigenvalue weighted by Crippen LogP contribution is -2.36. The van der Waals surface area contributed by atoms with Crippen LogP contribution in [0.2, 0.25) is 0 Å². The Morgan fingerprint density at radius 2 is 1.95 bits per heavy atom. The number of nitrogens with one attached hydrogen (secondary N) is 2. The molecule has 0 fully saturated rings. The quantitative estimate of drug-likeness (QED) is 0.703. The van der Waals surface area contributed by atoms with Gasteiger partial charge in [-0.05, 0) is 38.1 Å². The minimum absolute atomic E-state index is 0.0131. The molecule has 0 unspecified atom stereocenters. The van der Waals surface area contributed by atoms with Crippen LogP contribution >= 0.6 is 0 Å². The summed E-state index contributed by atoms with van der Waals surface area (Å²) in [7, 11) is -3.72. The SMILES string of the molecule is C=CCNC(=O)CNS(=O)(=O)c1ccc(OC(C)C)cc1. The fourth-order valence-corrected chi connectivity index (χ4v) is 2.44. The van der Waals surface area contributed by atoms with Gasteiger partial charge in [-0.15, -0.1) is 6.58 Å². The van der Waals surface area contributed by atoms with Crippen LogP contribution in [0.1, 0.15) is 13.8 Å². The van der Waals surface area contributed by atoms with Crippen molar-refractivity contribution in [3.63, 3.8) is 0 Å². The Labute approximate surface area is 125 Å². The van der Waals surface area contributed by atoms with Gasteiger partial charge in [0.1, 0.15) is 5.75 Å². The summed E-state index contributed by atoms with van der Waals surface area (Å²) < 4.78 is 31.6. The van der Waals surface area contributed by atoms with E-state index in [4.69, 9.17) is 4.74 Å². The van der Waals surface area contributed by atoms with Gasteiger partial charge in [0.15, 0.2) is 0 Å². The standard InChI is InChI=1S/C14H20N2O4S/c1-4-9-15-14(17)10-16-21(18,19)13-7-5-12(6-8-13)20-11(2)3/h4-8,11,16H,1,9-10H2,2-3H3,(H,15,17). The van der Waals surface area contributed by atoms with Crippen molar-refractivity contribution >= 4 is 15.9 Å². The van der Waals surface area contributed by atoms with Gasteiger partial charge >= 0.3 is 0 Å². The predicted octanol–water partition coefficient (Wildman–Crippen LogP) is 1.05. The average Bonchev–Trinajstić information content (AvgIpc) is 2.43. The van der Waals surface area contributed by atoms with Crippen LogP contribution in [0.4, 0.5) is 0 Å². The largest absolute Gasteiger partial charge is 0.491 e. The zero-order chi connectivity index (χ0) is 15.9. The summed E-state index contributed by atoms with van der Waals surface area (Å²) in [5.41, 5.74) is 0. The number of carbonyl (C=O) groups is 1. The number of hydrogen-bond acceptors (Lipinski definition) is 4. The molecule has 0 aromatic heterocycles. The second-order valence-corrected chi connectivity index (χ2v) is 6.32. The first kappa shape index (κ1) is 17.2. The number of sulfonamides is 1. The molecule has 116 valence electrons. The van der Waals surface area contributed by atoms with Crippen LogP contribution in [-0.4, -0.2) is 33.5 Å². The van der Waals surface area contributed by atoms with Gasteiger partial charge in [-0.3, -0.25) is 4.79 Å². The first-order valence-electron chi connectivity index (χ1n) is 6.49. The van der Waals surface area contributed by atoms with Gasteiger partial charge < -0.3 is 10.1 Å². The van der Waals surface area contributed by atoms with E-state index in [1.165, 1.54) is 18.2 Å². The van der Waals surface area contributed by atoms with Gasteiger partial charge in [-0.2, -0.15) is 0 Å². The lowest BCUT2D eigenvalue weighted by Gasteiger charge is -2.11. The number of rotatable bonds is 8. The fraction of sp³-hybridized carbons (Fsp3) is 0.357. The maximum absolute atomic E-state index is 12.0. The Kier molecular flexibility index (Phi) is 6.39. The minimum atomic E-state index is -3.72. The molecule has 0 aliphatic heterocycles. The molecular weight excluding hydrogens is 292 g/mol. The molecule has 1 aromatic carbocycles. The lowest BCUT2D eigenvalue weighted by molar-refractivity contribution is -0.119. The second kappa shape index (κ2) is 7.80. The Hall–Kier alpha value is -1.86. The highest BCUT2D eigenvalue weighted by atomic mass is 32.2. The number of benzene rings is 1. The third-order valence-corrected chi connectivity index (χ3v) is 3.79. The summed E-state index contributed by atoms with van der Waals surface area (Å²) in [6.45, 7) is 7.19. The van der Waals surface area contributed by atoms with Crippen LogP contribution < -0.4 is 14.8 Å². The summed E-state index contributed by atoms with van der Waals surface area (Å²) in [5.74, 6) is 0.172. The molecule has 6 nitrogen and oxygen atoms in total. The monoisotopic (exact) mass is 312 g/mol.